The zero-order valence-electron chi connectivity index (χ0n) is 12.6. The lowest BCUT2D eigenvalue weighted by atomic mass is 10.0. The van der Waals surface area contributed by atoms with Crippen LogP contribution < -0.4 is 5.73 Å². The lowest BCUT2D eigenvalue weighted by molar-refractivity contribution is -0.130. The van der Waals surface area contributed by atoms with E-state index in [9.17, 15) is 4.79 Å². The van der Waals surface area contributed by atoms with Gasteiger partial charge in [-0.05, 0) is 53.2 Å². The van der Waals surface area contributed by atoms with Crippen LogP contribution in [0.25, 0.3) is 0 Å². The zero-order chi connectivity index (χ0) is 15.1. The van der Waals surface area contributed by atoms with Gasteiger partial charge in [-0.1, -0.05) is 13.8 Å². The van der Waals surface area contributed by atoms with Crippen LogP contribution in [0.4, 0.5) is 0 Å². The highest BCUT2D eigenvalue weighted by Gasteiger charge is 2.12. The Morgan fingerprint density at radius 1 is 1.45 bits per heavy atom. The van der Waals surface area contributed by atoms with Crippen LogP contribution in [0.2, 0.25) is 0 Å². The van der Waals surface area contributed by atoms with Gasteiger partial charge in [-0.3, -0.25) is 4.79 Å². The number of rotatable bonds is 8. The Bertz CT molecular complexity index is 420. The first-order valence-electron chi connectivity index (χ1n) is 7.14. The summed E-state index contributed by atoms with van der Waals surface area (Å²) in [7, 11) is 1.87. The van der Waals surface area contributed by atoms with Gasteiger partial charge >= 0.3 is 0 Å². The lowest BCUT2D eigenvalue weighted by Crippen LogP contribution is -2.34. The van der Waals surface area contributed by atoms with Crippen molar-refractivity contribution in [1.82, 2.24) is 4.90 Å². The van der Waals surface area contributed by atoms with Crippen LogP contribution in [0.5, 0.6) is 0 Å². The Morgan fingerprint density at radius 2 is 2.15 bits per heavy atom. The number of aryl methyl sites for hydroxylation is 1. The van der Waals surface area contributed by atoms with Crippen molar-refractivity contribution in [3.8, 4) is 0 Å². The van der Waals surface area contributed by atoms with Crippen LogP contribution in [-0.2, 0) is 11.2 Å². The number of amides is 1. The van der Waals surface area contributed by atoms with Crippen molar-refractivity contribution in [2.45, 2.75) is 45.6 Å². The normalized spacial score (nSPS) is 12.7. The Hall–Kier alpha value is -0.390. The second-order valence-electron chi connectivity index (χ2n) is 5.57. The standard InChI is InChI=1S/C15H25BrN2OS/c1-11(2)13(17)9-10-18(3)15(19)6-4-5-12-7-8-14(16)20-12/h7-8,11,13H,4-6,9-10,17H2,1-3H3. The van der Waals surface area contributed by atoms with E-state index in [1.807, 2.05) is 11.9 Å². The molecule has 3 nitrogen and oxygen atoms in total. The molecule has 20 heavy (non-hydrogen) atoms. The van der Waals surface area contributed by atoms with E-state index in [0.717, 1.165) is 29.6 Å². The predicted octanol–water partition coefficient (Wildman–Crippen LogP) is 3.67. The quantitative estimate of drug-likeness (QED) is 0.768. The third-order valence-electron chi connectivity index (χ3n) is 3.52. The van der Waals surface area contributed by atoms with E-state index in [-0.39, 0.29) is 11.9 Å². The molecule has 1 atom stereocenters. The number of halogens is 1. The number of thiophene rings is 1. The summed E-state index contributed by atoms with van der Waals surface area (Å²) in [6.07, 6.45) is 3.37. The molecule has 1 aromatic heterocycles. The molecule has 0 aromatic carbocycles. The summed E-state index contributed by atoms with van der Waals surface area (Å²) in [6, 6.07) is 4.35. The highest BCUT2D eigenvalue weighted by atomic mass is 79.9. The summed E-state index contributed by atoms with van der Waals surface area (Å²) < 4.78 is 1.15. The molecule has 2 N–H and O–H groups in total. The first-order valence-corrected chi connectivity index (χ1v) is 8.75. The average molecular weight is 361 g/mol. The first kappa shape index (κ1) is 17.7. The molecule has 5 heteroatoms. The SMILES string of the molecule is CC(C)C(N)CCN(C)C(=O)CCCc1ccc(Br)s1. The monoisotopic (exact) mass is 360 g/mol. The predicted molar refractivity (Wildman–Crippen MR) is 90.0 cm³/mol. The van der Waals surface area contributed by atoms with Gasteiger partial charge in [0.15, 0.2) is 0 Å². The van der Waals surface area contributed by atoms with E-state index in [4.69, 9.17) is 5.73 Å². The molecule has 0 radical (unpaired) electrons. The van der Waals surface area contributed by atoms with Gasteiger partial charge in [-0.15, -0.1) is 11.3 Å². The van der Waals surface area contributed by atoms with Gasteiger partial charge in [0.05, 0.1) is 3.79 Å². The fourth-order valence-corrected chi connectivity index (χ4v) is 3.42. The molecule has 1 unspecified atom stereocenters. The Balaban J connectivity index is 2.21. The van der Waals surface area contributed by atoms with Crippen molar-refractivity contribution in [1.29, 1.82) is 0 Å². The highest BCUT2D eigenvalue weighted by molar-refractivity contribution is 9.11. The molecule has 0 aliphatic heterocycles. The second-order valence-corrected chi connectivity index (χ2v) is 8.12. The van der Waals surface area contributed by atoms with Crippen LogP contribution in [0, 0.1) is 5.92 Å². The van der Waals surface area contributed by atoms with E-state index in [1.165, 1.54) is 4.88 Å². The van der Waals surface area contributed by atoms with Crippen LogP contribution in [0.1, 0.15) is 38.0 Å². The van der Waals surface area contributed by atoms with E-state index in [0.29, 0.717) is 12.3 Å². The van der Waals surface area contributed by atoms with Gasteiger partial charge in [0.2, 0.25) is 5.91 Å². The Kier molecular flexibility index (Phi) is 7.77. The molecule has 114 valence electrons. The molecule has 0 bridgehead atoms. The topological polar surface area (TPSA) is 46.3 Å². The summed E-state index contributed by atoms with van der Waals surface area (Å²) in [5.74, 6) is 0.687. The summed E-state index contributed by atoms with van der Waals surface area (Å²) in [5.41, 5.74) is 6.00. The van der Waals surface area contributed by atoms with Gasteiger partial charge in [0.1, 0.15) is 0 Å². The number of hydrogen-bond acceptors (Lipinski definition) is 3. The number of carbonyl (C=O) groups excluding carboxylic acids is 1. The molecular weight excluding hydrogens is 336 g/mol. The second kappa shape index (κ2) is 8.80. The first-order chi connectivity index (χ1) is 9.40. The van der Waals surface area contributed by atoms with Crippen molar-refractivity contribution in [3.63, 3.8) is 0 Å². The maximum absolute atomic E-state index is 12.0. The average Bonchev–Trinajstić information content (AvgIpc) is 2.80. The lowest BCUT2D eigenvalue weighted by Gasteiger charge is -2.21. The summed E-state index contributed by atoms with van der Waals surface area (Å²) >= 11 is 5.19. The minimum Gasteiger partial charge on any atom is -0.346 e. The maximum atomic E-state index is 12.0. The Labute approximate surface area is 134 Å². The van der Waals surface area contributed by atoms with Gasteiger partial charge in [0, 0.05) is 30.9 Å². The van der Waals surface area contributed by atoms with Gasteiger partial charge < -0.3 is 10.6 Å². The van der Waals surface area contributed by atoms with Crippen molar-refractivity contribution in [2.24, 2.45) is 11.7 Å². The maximum Gasteiger partial charge on any atom is 0.222 e. The minimum atomic E-state index is 0.175. The van der Waals surface area contributed by atoms with Crippen molar-refractivity contribution in [3.05, 3.63) is 20.8 Å². The van der Waals surface area contributed by atoms with Crippen molar-refractivity contribution in [2.75, 3.05) is 13.6 Å². The van der Waals surface area contributed by atoms with Crippen LogP contribution in [0.15, 0.2) is 15.9 Å². The van der Waals surface area contributed by atoms with Crippen LogP contribution in [0.3, 0.4) is 0 Å². The summed E-state index contributed by atoms with van der Waals surface area (Å²) in [4.78, 5) is 15.1. The van der Waals surface area contributed by atoms with Crippen LogP contribution >= 0.6 is 27.3 Å². The molecule has 1 amide bonds. The molecular formula is C15H25BrN2OS. The molecule has 0 aliphatic carbocycles. The Morgan fingerprint density at radius 3 is 2.70 bits per heavy atom. The number of nitrogens with zero attached hydrogens (tertiary/aromatic N) is 1. The van der Waals surface area contributed by atoms with Crippen LogP contribution in [-0.4, -0.2) is 30.4 Å². The molecule has 1 heterocycles. The molecule has 0 saturated heterocycles. The third kappa shape index (κ3) is 6.37. The number of hydrogen-bond donors (Lipinski definition) is 1. The van der Waals surface area contributed by atoms with E-state index >= 15 is 0 Å². The largest absolute Gasteiger partial charge is 0.346 e. The zero-order valence-corrected chi connectivity index (χ0v) is 15.0. The van der Waals surface area contributed by atoms with Crippen molar-refractivity contribution >= 4 is 33.2 Å². The molecule has 1 rings (SSSR count). The minimum absolute atomic E-state index is 0.175. The fraction of sp³-hybridized carbons (Fsp3) is 0.667. The molecule has 0 saturated carbocycles. The number of carbonyl (C=O) groups is 1. The smallest absolute Gasteiger partial charge is 0.222 e. The molecule has 0 fully saturated rings. The summed E-state index contributed by atoms with van der Waals surface area (Å²) in [5, 5.41) is 0. The van der Waals surface area contributed by atoms with E-state index < -0.39 is 0 Å². The highest BCUT2D eigenvalue weighted by Crippen LogP contribution is 2.23. The van der Waals surface area contributed by atoms with E-state index in [1.54, 1.807) is 11.3 Å². The van der Waals surface area contributed by atoms with Gasteiger partial charge in [0.25, 0.3) is 0 Å². The van der Waals surface area contributed by atoms with Gasteiger partial charge in [-0.2, -0.15) is 0 Å². The fourth-order valence-electron chi connectivity index (χ4n) is 1.89. The van der Waals surface area contributed by atoms with E-state index in [2.05, 4.69) is 41.9 Å². The molecule has 0 spiro atoms. The summed E-state index contributed by atoms with van der Waals surface area (Å²) in [6.45, 7) is 4.99. The molecule has 0 aliphatic rings. The van der Waals surface area contributed by atoms with Gasteiger partial charge in [-0.25, -0.2) is 0 Å². The third-order valence-corrected chi connectivity index (χ3v) is 5.21. The number of nitrogens with two attached hydrogens (primary N) is 1. The van der Waals surface area contributed by atoms with Crippen molar-refractivity contribution < 1.29 is 4.79 Å². The molecule has 1 aromatic rings.